The molecule has 3 heteroatoms. The van der Waals surface area contributed by atoms with Gasteiger partial charge >= 0.3 is 0 Å². The number of Topliss-reactive ketones (excluding diaryl/α,β-unsaturated/α-hetero) is 1. The van der Waals surface area contributed by atoms with E-state index in [1.54, 1.807) is 27.0 Å². The van der Waals surface area contributed by atoms with Crippen LogP contribution < -0.4 is 4.74 Å². The third kappa shape index (κ3) is 1.42. The number of benzene rings is 1. The van der Waals surface area contributed by atoms with E-state index in [0.717, 1.165) is 5.56 Å². The molecule has 0 aromatic heterocycles. The van der Waals surface area contributed by atoms with E-state index in [1.165, 1.54) is 6.07 Å². The predicted molar refractivity (Wildman–Crippen MR) is 59.3 cm³/mol. The van der Waals surface area contributed by atoms with Crippen molar-refractivity contribution in [2.75, 3.05) is 7.11 Å². The summed E-state index contributed by atoms with van der Waals surface area (Å²) in [6.45, 7) is 3.55. The van der Waals surface area contributed by atoms with Crippen LogP contribution in [0.4, 0.5) is 4.39 Å². The van der Waals surface area contributed by atoms with Gasteiger partial charge in [0.1, 0.15) is 17.3 Å². The van der Waals surface area contributed by atoms with Crippen molar-refractivity contribution >= 4 is 5.78 Å². The number of hydrogen-bond acceptors (Lipinski definition) is 2. The van der Waals surface area contributed by atoms with Gasteiger partial charge in [0.2, 0.25) is 0 Å². The first-order chi connectivity index (χ1) is 7.48. The van der Waals surface area contributed by atoms with Crippen molar-refractivity contribution in [3.63, 3.8) is 0 Å². The molecule has 16 heavy (non-hydrogen) atoms. The molecule has 2 rings (SSSR count). The third-order valence-electron chi connectivity index (χ3n) is 3.36. The van der Waals surface area contributed by atoms with Gasteiger partial charge in [0, 0.05) is 17.5 Å². The SMILES string of the molecule is COc1ccc(F)c2c1CCC(=O)C2(C)C. The summed E-state index contributed by atoms with van der Waals surface area (Å²) in [5.41, 5.74) is 0.599. The van der Waals surface area contributed by atoms with E-state index in [9.17, 15) is 9.18 Å². The second-order valence-corrected chi connectivity index (χ2v) is 4.65. The lowest BCUT2D eigenvalue weighted by Crippen LogP contribution is -2.35. The van der Waals surface area contributed by atoms with Crippen LogP contribution in [0.15, 0.2) is 12.1 Å². The van der Waals surface area contributed by atoms with E-state index in [-0.39, 0.29) is 11.6 Å². The lowest BCUT2D eigenvalue weighted by Gasteiger charge is -2.32. The number of ketones is 1. The van der Waals surface area contributed by atoms with E-state index in [0.29, 0.717) is 24.2 Å². The van der Waals surface area contributed by atoms with Crippen LogP contribution in [0.3, 0.4) is 0 Å². The molecule has 2 nitrogen and oxygen atoms in total. The van der Waals surface area contributed by atoms with Crippen molar-refractivity contribution in [1.82, 2.24) is 0 Å². The van der Waals surface area contributed by atoms with Gasteiger partial charge in [0.15, 0.2) is 0 Å². The molecule has 0 bridgehead atoms. The van der Waals surface area contributed by atoms with E-state index >= 15 is 0 Å². The molecule has 86 valence electrons. The van der Waals surface area contributed by atoms with Crippen LogP contribution in [0.5, 0.6) is 5.75 Å². The van der Waals surface area contributed by atoms with Gasteiger partial charge in [-0.25, -0.2) is 4.39 Å². The minimum atomic E-state index is -0.744. The van der Waals surface area contributed by atoms with E-state index in [2.05, 4.69) is 0 Å². The molecule has 0 aliphatic heterocycles. The molecule has 1 aliphatic rings. The fourth-order valence-electron chi connectivity index (χ4n) is 2.41. The third-order valence-corrected chi connectivity index (χ3v) is 3.36. The van der Waals surface area contributed by atoms with Crippen LogP contribution in [0.2, 0.25) is 0 Å². The number of halogens is 1. The van der Waals surface area contributed by atoms with Gasteiger partial charge in [0.05, 0.1) is 12.5 Å². The van der Waals surface area contributed by atoms with Crippen LogP contribution >= 0.6 is 0 Å². The standard InChI is InChI=1S/C13H15FO2/c1-13(2)11(15)7-4-8-10(16-3)6-5-9(14)12(8)13/h5-6H,4,7H2,1-3H3. The topological polar surface area (TPSA) is 26.3 Å². The summed E-state index contributed by atoms with van der Waals surface area (Å²) in [4.78, 5) is 11.8. The molecule has 0 N–H and O–H groups in total. The zero-order valence-electron chi connectivity index (χ0n) is 9.76. The Balaban J connectivity index is 2.70. The fraction of sp³-hybridized carbons (Fsp3) is 0.462. The number of carbonyl (C=O) groups is 1. The van der Waals surface area contributed by atoms with E-state index in [4.69, 9.17) is 4.74 Å². The molecule has 0 atom stereocenters. The van der Waals surface area contributed by atoms with E-state index in [1.807, 2.05) is 0 Å². The zero-order chi connectivity index (χ0) is 11.9. The number of fused-ring (bicyclic) bond motifs is 1. The van der Waals surface area contributed by atoms with Crippen LogP contribution in [-0.4, -0.2) is 12.9 Å². The predicted octanol–water partition coefficient (Wildman–Crippen LogP) is 2.63. The largest absolute Gasteiger partial charge is 0.496 e. The smallest absolute Gasteiger partial charge is 0.143 e. The molecule has 0 amide bonds. The average molecular weight is 222 g/mol. The Morgan fingerprint density at radius 3 is 2.62 bits per heavy atom. The summed E-state index contributed by atoms with van der Waals surface area (Å²) in [7, 11) is 1.57. The van der Waals surface area contributed by atoms with Gasteiger partial charge < -0.3 is 4.74 Å². The van der Waals surface area contributed by atoms with Crippen molar-refractivity contribution in [2.24, 2.45) is 0 Å². The minimum absolute atomic E-state index is 0.0900. The van der Waals surface area contributed by atoms with Crippen molar-refractivity contribution < 1.29 is 13.9 Å². The highest BCUT2D eigenvalue weighted by molar-refractivity contribution is 5.92. The molecule has 0 unspecified atom stereocenters. The van der Waals surface area contributed by atoms with Crippen molar-refractivity contribution in [3.05, 3.63) is 29.1 Å². The summed E-state index contributed by atoms with van der Waals surface area (Å²) >= 11 is 0. The monoisotopic (exact) mass is 222 g/mol. The second kappa shape index (κ2) is 3.58. The summed E-state index contributed by atoms with van der Waals surface area (Å²) in [6.07, 6.45) is 1.03. The van der Waals surface area contributed by atoms with Gasteiger partial charge in [0.25, 0.3) is 0 Å². The maximum Gasteiger partial charge on any atom is 0.143 e. The number of ether oxygens (including phenoxy) is 1. The normalized spacial score (nSPS) is 18.1. The number of hydrogen-bond donors (Lipinski definition) is 0. The van der Waals surface area contributed by atoms with Crippen LogP contribution in [0.25, 0.3) is 0 Å². The van der Waals surface area contributed by atoms with Crippen LogP contribution in [0, 0.1) is 5.82 Å². The summed E-state index contributed by atoms with van der Waals surface area (Å²) in [5, 5.41) is 0. The first-order valence-electron chi connectivity index (χ1n) is 5.37. The molecular formula is C13H15FO2. The first-order valence-corrected chi connectivity index (χ1v) is 5.37. The molecule has 1 aromatic rings. The molecule has 0 saturated carbocycles. The Bertz CT molecular complexity index is 449. The highest BCUT2D eigenvalue weighted by Gasteiger charge is 2.38. The van der Waals surface area contributed by atoms with Crippen molar-refractivity contribution in [2.45, 2.75) is 32.1 Å². The number of methoxy groups -OCH3 is 1. The van der Waals surface area contributed by atoms with Crippen molar-refractivity contribution in [3.8, 4) is 5.75 Å². The minimum Gasteiger partial charge on any atom is -0.496 e. The maximum atomic E-state index is 13.8. The van der Waals surface area contributed by atoms with Gasteiger partial charge in [-0.1, -0.05) is 0 Å². The molecule has 1 aliphatic carbocycles. The molecule has 0 radical (unpaired) electrons. The lowest BCUT2D eigenvalue weighted by molar-refractivity contribution is -0.124. The summed E-state index contributed by atoms with van der Waals surface area (Å²) in [6, 6.07) is 3.00. The Labute approximate surface area is 94.4 Å². The molecular weight excluding hydrogens is 207 g/mol. The Kier molecular flexibility index (Phi) is 2.49. The molecule has 0 fully saturated rings. The highest BCUT2D eigenvalue weighted by Crippen LogP contribution is 2.40. The van der Waals surface area contributed by atoms with Crippen molar-refractivity contribution in [1.29, 1.82) is 0 Å². The average Bonchev–Trinajstić information content (AvgIpc) is 2.23. The van der Waals surface area contributed by atoms with E-state index < -0.39 is 5.41 Å². The summed E-state index contributed by atoms with van der Waals surface area (Å²) < 4.78 is 19.1. The Morgan fingerprint density at radius 1 is 1.31 bits per heavy atom. The molecule has 0 saturated heterocycles. The van der Waals surface area contributed by atoms with Gasteiger partial charge in [-0.2, -0.15) is 0 Å². The molecule has 0 spiro atoms. The fourth-order valence-corrected chi connectivity index (χ4v) is 2.41. The number of carbonyl (C=O) groups excluding carboxylic acids is 1. The summed E-state index contributed by atoms with van der Waals surface area (Å²) in [5.74, 6) is 0.456. The molecule has 0 heterocycles. The van der Waals surface area contributed by atoms with Gasteiger partial charge in [-0.05, 0) is 32.4 Å². The highest BCUT2D eigenvalue weighted by atomic mass is 19.1. The van der Waals surface area contributed by atoms with Gasteiger partial charge in [-0.3, -0.25) is 4.79 Å². The maximum absolute atomic E-state index is 13.8. The van der Waals surface area contributed by atoms with Crippen LogP contribution in [0.1, 0.15) is 31.4 Å². The first kappa shape index (κ1) is 11.1. The van der Waals surface area contributed by atoms with Gasteiger partial charge in [-0.15, -0.1) is 0 Å². The Morgan fingerprint density at radius 2 is 2.00 bits per heavy atom. The second-order valence-electron chi connectivity index (χ2n) is 4.65. The zero-order valence-corrected chi connectivity index (χ0v) is 9.76. The molecule has 1 aromatic carbocycles. The lowest BCUT2D eigenvalue weighted by atomic mass is 9.71. The quantitative estimate of drug-likeness (QED) is 0.730. The Hall–Kier alpha value is -1.38. The van der Waals surface area contributed by atoms with Crippen LogP contribution in [-0.2, 0) is 16.6 Å². The number of rotatable bonds is 1.